The van der Waals surface area contributed by atoms with E-state index in [1.165, 1.54) is 19.1 Å². The van der Waals surface area contributed by atoms with E-state index in [4.69, 9.17) is 22.3 Å². The van der Waals surface area contributed by atoms with Gasteiger partial charge in [-0.15, -0.1) is 0 Å². The molecule has 0 aliphatic heterocycles. The van der Waals surface area contributed by atoms with Crippen LogP contribution in [-0.4, -0.2) is 8.42 Å². The lowest BCUT2D eigenvalue weighted by atomic mass is 10.1. The highest BCUT2D eigenvalue weighted by molar-refractivity contribution is 8.13. The first kappa shape index (κ1) is 12.7. The van der Waals surface area contributed by atoms with Crippen LogP contribution in [0.4, 0.5) is 4.39 Å². The summed E-state index contributed by atoms with van der Waals surface area (Å²) in [5.41, 5.74) is 0.482. The standard InChI is InChI=1S/C9H9Cl2FO2S/c1-6(12)9-7(5-15(11,13)14)3-2-4-8(9)10/h2-4,6H,5H2,1H3. The summed E-state index contributed by atoms with van der Waals surface area (Å²) >= 11 is 5.78. The SMILES string of the molecule is CC(F)c1c(Cl)cccc1CS(=O)(=O)Cl. The molecule has 1 atom stereocenters. The van der Waals surface area contributed by atoms with Crippen LogP contribution in [0.15, 0.2) is 18.2 Å². The molecular formula is C9H9Cl2FO2S. The van der Waals surface area contributed by atoms with Gasteiger partial charge in [0.1, 0.15) is 6.17 Å². The minimum atomic E-state index is -3.70. The second-order valence-corrected chi connectivity index (χ2v) is 6.30. The largest absolute Gasteiger partial charge is 0.243 e. The number of rotatable bonds is 3. The van der Waals surface area contributed by atoms with Crippen molar-refractivity contribution in [1.29, 1.82) is 0 Å². The molecule has 0 fully saturated rings. The van der Waals surface area contributed by atoms with Gasteiger partial charge in [-0.3, -0.25) is 0 Å². The molecule has 15 heavy (non-hydrogen) atoms. The average molecular weight is 271 g/mol. The molecule has 1 unspecified atom stereocenters. The Kier molecular flexibility index (Phi) is 3.98. The summed E-state index contributed by atoms with van der Waals surface area (Å²) in [5.74, 6) is -0.418. The fourth-order valence-corrected chi connectivity index (χ4v) is 2.66. The fourth-order valence-electron chi connectivity index (χ4n) is 1.34. The molecule has 2 nitrogen and oxygen atoms in total. The number of halogens is 3. The predicted octanol–water partition coefficient (Wildman–Crippen LogP) is 3.44. The quantitative estimate of drug-likeness (QED) is 0.789. The van der Waals surface area contributed by atoms with E-state index in [0.717, 1.165) is 0 Å². The Hall–Kier alpha value is -0.320. The van der Waals surface area contributed by atoms with Crippen molar-refractivity contribution >= 4 is 31.3 Å². The lowest BCUT2D eigenvalue weighted by Crippen LogP contribution is -2.01. The van der Waals surface area contributed by atoms with Crippen LogP contribution in [0.1, 0.15) is 24.2 Å². The summed E-state index contributed by atoms with van der Waals surface area (Å²) in [5, 5.41) is 0.211. The monoisotopic (exact) mass is 270 g/mol. The van der Waals surface area contributed by atoms with Crippen molar-refractivity contribution in [2.45, 2.75) is 18.8 Å². The summed E-state index contributed by atoms with van der Waals surface area (Å²) in [4.78, 5) is 0. The molecule has 0 bridgehead atoms. The maximum Gasteiger partial charge on any atom is 0.236 e. The number of alkyl halides is 1. The van der Waals surface area contributed by atoms with Crippen molar-refractivity contribution in [3.05, 3.63) is 34.3 Å². The lowest BCUT2D eigenvalue weighted by molar-refractivity contribution is 0.372. The molecule has 0 saturated carbocycles. The first-order chi connectivity index (χ1) is 6.81. The van der Waals surface area contributed by atoms with E-state index >= 15 is 0 Å². The summed E-state index contributed by atoms with van der Waals surface area (Å²) < 4.78 is 35.0. The van der Waals surface area contributed by atoms with E-state index in [9.17, 15) is 12.8 Å². The summed E-state index contributed by atoms with van der Waals surface area (Å²) in [6, 6.07) is 4.57. The van der Waals surface area contributed by atoms with Crippen LogP contribution in [0.3, 0.4) is 0 Å². The van der Waals surface area contributed by atoms with Gasteiger partial charge < -0.3 is 0 Å². The van der Waals surface area contributed by atoms with E-state index in [-0.39, 0.29) is 10.6 Å². The Labute approximate surface area is 97.4 Å². The molecule has 1 aromatic carbocycles. The van der Waals surface area contributed by atoms with Crippen LogP contribution in [0.5, 0.6) is 0 Å². The Balaban J connectivity index is 3.24. The molecule has 1 aromatic rings. The third-order valence-corrected chi connectivity index (χ3v) is 3.18. The maximum absolute atomic E-state index is 13.2. The van der Waals surface area contributed by atoms with Gasteiger partial charge >= 0.3 is 0 Å². The van der Waals surface area contributed by atoms with Crippen LogP contribution in [0.25, 0.3) is 0 Å². The maximum atomic E-state index is 13.2. The van der Waals surface area contributed by atoms with Gasteiger partial charge in [0.2, 0.25) is 9.05 Å². The topological polar surface area (TPSA) is 34.1 Å². The van der Waals surface area contributed by atoms with Crippen LogP contribution in [0, 0.1) is 0 Å². The molecule has 0 saturated heterocycles. The zero-order valence-electron chi connectivity index (χ0n) is 7.88. The van der Waals surface area contributed by atoms with Crippen LogP contribution < -0.4 is 0 Å². The van der Waals surface area contributed by atoms with Crippen molar-refractivity contribution < 1.29 is 12.8 Å². The van der Waals surface area contributed by atoms with Gasteiger partial charge in [-0.2, -0.15) is 0 Å². The molecular weight excluding hydrogens is 262 g/mol. The van der Waals surface area contributed by atoms with E-state index in [1.54, 1.807) is 6.07 Å². The Bertz CT molecular complexity index is 457. The van der Waals surface area contributed by atoms with Crippen molar-refractivity contribution in [3.63, 3.8) is 0 Å². The minimum absolute atomic E-state index is 0.184. The van der Waals surface area contributed by atoms with Gasteiger partial charge in [0, 0.05) is 21.3 Å². The minimum Gasteiger partial charge on any atom is -0.243 e. The highest BCUT2D eigenvalue weighted by Crippen LogP contribution is 2.30. The van der Waals surface area contributed by atoms with E-state index in [1.807, 2.05) is 0 Å². The fraction of sp³-hybridized carbons (Fsp3) is 0.333. The molecule has 84 valence electrons. The normalized spacial score (nSPS) is 13.9. The van der Waals surface area contributed by atoms with Gasteiger partial charge in [-0.05, 0) is 18.6 Å². The van der Waals surface area contributed by atoms with Crippen LogP contribution >= 0.6 is 22.3 Å². The highest BCUT2D eigenvalue weighted by Gasteiger charge is 2.17. The van der Waals surface area contributed by atoms with Crippen LogP contribution in [-0.2, 0) is 14.8 Å². The van der Waals surface area contributed by atoms with Crippen molar-refractivity contribution in [2.75, 3.05) is 0 Å². The molecule has 0 aliphatic rings. The molecule has 0 spiro atoms. The number of benzene rings is 1. The predicted molar refractivity (Wildman–Crippen MR) is 59.5 cm³/mol. The third-order valence-electron chi connectivity index (χ3n) is 1.87. The van der Waals surface area contributed by atoms with Crippen LogP contribution in [0.2, 0.25) is 5.02 Å². The number of hydrogen-bond donors (Lipinski definition) is 0. The molecule has 0 radical (unpaired) electrons. The second kappa shape index (κ2) is 4.68. The number of hydrogen-bond acceptors (Lipinski definition) is 2. The third kappa shape index (κ3) is 3.63. The van der Waals surface area contributed by atoms with E-state index < -0.39 is 21.0 Å². The van der Waals surface area contributed by atoms with Crippen molar-refractivity contribution in [2.24, 2.45) is 0 Å². The Morgan fingerprint density at radius 1 is 1.47 bits per heavy atom. The van der Waals surface area contributed by atoms with Gasteiger partial charge in [0.25, 0.3) is 0 Å². The zero-order chi connectivity index (χ0) is 11.6. The van der Waals surface area contributed by atoms with E-state index in [2.05, 4.69) is 0 Å². The molecule has 0 amide bonds. The Morgan fingerprint density at radius 3 is 2.53 bits per heavy atom. The Morgan fingerprint density at radius 2 is 2.07 bits per heavy atom. The second-order valence-electron chi connectivity index (χ2n) is 3.11. The average Bonchev–Trinajstić information content (AvgIpc) is 1.99. The molecule has 0 heterocycles. The van der Waals surface area contributed by atoms with Gasteiger partial charge in [0.05, 0.1) is 5.75 Å². The smallest absolute Gasteiger partial charge is 0.236 e. The molecule has 0 aromatic heterocycles. The summed E-state index contributed by atoms with van der Waals surface area (Å²) in [6.07, 6.45) is -1.33. The van der Waals surface area contributed by atoms with Gasteiger partial charge in [-0.1, -0.05) is 23.7 Å². The molecule has 0 N–H and O–H groups in total. The molecule has 6 heteroatoms. The van der Waals surface area contributed by atoms with E-state index in [0.29, 0.717) is 5.56 Å². The van der Waals surface area contributed by atoms with Crippen molar-refractivity contribution in [1.82, 2.24) is 0 Å². The first-order valence-corrected chi connectivity index (χ1v) is 7.00. The molecule has 1 rings (SSSR count). The van der Waals surface area contributed by atoms with Crippen molar-refractivity contribution in [3.8, 4) is 0 Å². The lowest BCUT2D eigenvalue weighted by Gasteiger charge is -2.10. The first-order valence-electron chi connectivity index (χ1n) is 4.15. The zero-order valence-corrected chi connectivity index (χ0v) is 10.2. The summed E-state index contributed by atoms with van der Waals surface area (Å²) in [7, 11) is 1.40. The van der Waals surface area contributed by atoms with Gasteiger partial charge in [-0.25, -0.2) is 12.8 Å². The van der Waals surface area contributed by atoms with Gasteiger partial charge in [0.15, 0.2) is 0 Å². The highest BCUT2D eigenvalue weighted by atomic mass is 35.7. The summed E-state index contributed by atoms with van der Waals surface area (Å²) in [6.45, 7) is 1.30. The molecule has 0 aliphatic carbocycles.